The Bertz CT molecular complexity index is 204. The number of hydrogen-bond acceptors (Lipinski definition) is 4. The second-order valence-electron chi connectivity index (χ2n) is 2.66. The lowest BCUT2D eigenvalue weighted by molar-refractivity contribution is -0.137. The van der Waals surface area contributed by atoms with Gasteiger partial charge in [0.05, 0.1) is 5.25 Å². The van der Waals surface area contributed by atoms with Crippen molar-refractivity contribution in [2.75, 3.05) is 12.3 Å². The lowest BCUT2D eigenvalue weighted by Gasteiger charge is -2.18. The Kier molecular flexibility index (Phi) is 4.44. The molecule has 1 fully saturated rings. The Morgan fingerprint density at radius 1 is 1.54 bits per heavy atom. The molecule has 1 unspecified atom stereocenters. The number of nitrogens with one attached hydrogen (secondary N) is 1. The fraction of sp³-hybridized carbons (Fsp3) is 0.714. The lowest BCUT2D eigenvalue weighted by Crippen LogP contribution is -2.36. The number of amides is 1. The van der Waals surface area contributed by atoms with Gasteiger partial charge in [-0.05, 0) is 12.8 Å². The van der Waals surface area contributed by atoms with Crippen LogP contribution in [0.3, 0.4) is 0 Å². The van der Waals surface area contributed by atoms with Gasteiger partial charge < -0.3 is 10.4 Å². The van der Waals surface area contributed by atoms with Crippen LogP contribution in [-0.4, -0.2) is 34.5 Å². The second kappa shape index (κ2) is 5.39. The zero-order valence-electron chi connectivity index (χ0n) is 6.99. The van der Waals surface area contributed by atoms with Gasteiger partial charge in [0, 0.05) is 5.75 Å². The maximum Gasteiger partial charge on any atom is 0.322 e. The smallest absolute Gasteiger partial charge is 0.322 e. The van der Waals surface area contributed by atoms with Crippen molar-refractivity contribution in [2.24, 2.45) is 0 Å². The van der Waals surface area contributed by atoms with Crippen molar-refractivity contribution in [3.05, 3.63) is 0 Å². The first-order valence-electron chi connectivity index (χ1n) is 3.98. The van der Waals surface area contributed by atoms with Crippen LogP contribution in [0.1, 0.15) is 12.8 Å². The van der Waals surface area contributed by atoms with Crippen LogP contribution in [0.15, 0.2) is 0 Å². The number of aliphatic carboxylic acids is 1. The number of carboxylic acids is 1. The first kappa shape index (κ1) is 10.7. The molecule has 1 aliphatic heterocycles. The third kappa shape index (κ3) is 3.91. The summed E-state index contributed by atoms with van der Waals surface area (Å²) < 4.78 is 0. The molecule has 74 valence electrons. The second-order valence-corrected chi connectivity index (χ2v) is 5.35. The summed E-state index contributed by atoms with van der Waals surface area (Å²) in [6.07, 6.45) is 1.88. The molecule has 0 aromatic rings. The molecular formula is C7H11NO3S2. The van der Waals surface area contributed by atoms with Crippen molar-refractivity contribution in [2.45, 2.75) is 18.1 Å². The zero-order valence-corrected chi connectivity index (χ0v) is 8.62. The lowest BCUT2D eigenvalue weighted by atomic mass is 10.2. The fourth-order valence-corrected chi connectivity index (χ4v) is 3.62. The van der Waals surface area contributed by atoms with Crippen LogP contribution in [0.2, 0.25) is 0 Å². The summed E-state index contributed by atoms with van der Waals surface area (Å²) in [5.41, 5.74) is 0. The molecule has 1 saturated heterocycles. The summed E-state index contributed by atoms with van der Waals surface area (Å²) in [7, 11) is 3.21. The minimum atomic E-state index is -0.998. The fourth-order valence-electron chi connectivity index (χ4n) is 0.957. The monoisotopic (exact) mass is 221 g/mol. The van der Waals surface area contributed by atoms with E-state index in [4.69, 9.17) is 5.11 Å². The van der Waals surface area contributed by atoms with Gasteiger partial charge in [0.15, 0.2) is 0 Å². The summed E-state index contributed by atoms with van der Waals surface area (Å²) >= 11 is 0. The third-order valence-corrected chi connectivity index (χ3v) is 4.46. The van der Waals surface area contributed by atoms with E-state index in [1.165, 1.54) is 10.8 Å². The quantitative estimate of drug-likeness (QED) is 0.688. The largest absolute Gasteiger partial charge is 0.480 e. The maximum absolute atomic E-state index is 11.3. The molecule has 0 aromatic heterocycles. The molecule has 13 heavy (non-hydrogen) atoms. The molecule has 1 aliphatic rings. The summed E-state index contributed by atoms with van der Waals surface area (Å²) in [4.78, 5) is 21.5. The van der Waals surface area contributed by atoms with Gasteiger partial charge in [-0.2, -0.15) is 0 Å². The van der Waals surface area contributed by atoms with Gasteiger partial charge in [0.25, 0.3) is 0 Å². The van der Waals surface area contributed by atoms with E-state index in [0.717, 1.165) is 18.6 Å². The van der Waals surface area contributed by atoms with Gasteiger partial charge in [0.2, 0.25) is 5.91 Å². The van der Waals surface area contributed by atoms with E-state index in [-0.39, 0.29) is 17.7 Å². The van der Waals surface area contributed by atoms with Crippen molar-refractivity contribution in [3.8, 4) is 0 Å². The highest BCUT2D eigenvalue weighted by Gasteiger charge is 2.22. The molecule has 0 radical (unpaired) electrons. The minimum Gasteiger partial charge on any atom is -0.480 e. The topological polar surface area (TPSA) is 66.4 Å². The van der Waals surface area contributed by atoms with Crippen molar-refractivity contribution >= 4 is 33.5 Å². The van der Waals surface area contributed by atoms with Crippen LogP contribution in [0, 0.1) is 0 Å². The number of rotatable bonds is 3. The van der Waals surface area contributed by atoms with Gasteiger partial charge in [-0.1, -0.05) is 21.6 Å². The predicted octanol–water partition coefficient (Wildman–Crippen LogP) is 0.731. The van der Waals surface area contributed by atoms with Crippen LogP contribution in [-0.2, 0) is 9.59 Å². The average Bonchev–Trinajstić information content (AvgIpc) is 2.15. The van der Waals surface area contributed by atoms with Gasteiger partial charge in [-0.25, -0.2) is 0 Å². The molecule has 2 N–H and O–H groups in total. The Labute approximate surface area is 84.2 Å². The van der Waals surface area contributed by atoms with E-state index in [0.29, 0.717) is 0 Å². The third-order valence-electron chi connectivity index (χ3n) is 1.58. The number of carbonyl (C=O) groups excluding carboxylic acids is 1. The molecule has 6 heteroatoms. The van der Waals surface area contributed by atoms with E-state index in [9.17, 15) is 9.59 Å². The van der Waals surface area contributed by atoms with Crippen LogP contribution >= 0.6 is 21.6 Å². The van der Waals surface area contributed by atoms with E-state index < -0.39 is 5.97 Å². The van der Waals surface area contributed by atoms with Gasteiger partial charge in [-0.3, -0.25) is 9.59 Å². The summed E-state index contributed by atoms with van der Waals surface area (Å²) in [5, 5.41) is 10.6. The highest BCUT2D eigenvalue weighted by Crippen LogP contribution is 2.35. The van der Waals surface area contributed by atoms with Gasteiger partial charge in [0.1, 0.15) is 6.54 Å². The predicted molar refractivity (Wildman–Crippen MR) is 53.7 cm³/mol. The molecule has 4 nitrogen and oxygen atoms in total. The number of carbonyl (C=O) groups is 2. The summed E-state index contributed by atoms with van der Waals surface area (Å²) in [6.45, 7) is -0.277. The Morgan fingerprint density at radius 3 is 2.85 bits per heavy atom. The molecular weight excluding hydrogens is 210 g/mol. The molecule has 0 saturated carbocycles. The summed E-state index contributed by atoms with van der Waals surface area (Å²) in [6, 6.07) is 0. The molecule has 0 aromatic carbocycles. The highest BCUT2D eigenvalue weighted by molar-refractivity contribution is 8.77. The van der Waals surface area contributed by atoms with Gasteiger partial charge in [-0.15, -0.1) is 0 Å². The molecule has 1 heterocycles. The minimum absolute atomic E-state index is 0.0712. The highest BCUT2D eigenvalue weighted by atomic mass is 33.1. The van der Waals surface area contributed by atoms with Crippen molar-refractivity contribution in [1.29, 1.82) is 0 Å². The SMILES string of the molecule is O=C(O)CNC(=O)C1CCCSS1. The van der Waals surface area contributed by atoms with Crippen molar-refractivity contribution < 1.29 is 14.7 Å². The number of hydrogen-bond donors (Lipinski definition) is 2. The first-order chi connectivity index (χ1) is 6.20. The molecule has 1 atom stereocenters. The van der Waals surface area contributed by atoms with Crippen LogP contribution in [0.25, 0.3) is 0 Å². The molecule has 1 rings (SSSR count). The average molecular weight is 221 g/mol. The Hall–Kier alpha value is -0.360. The normalized spacial score (nSPS) is 22.3. The van der Waals surface area contributed by atoms with E-state index in [1.807, 2.05) is 0 Å². The van der Waals surface area contributed by atoms with Crippen LogP contribution < -0.4 is 5.32 Å². The van der Waals surface area contributed by atoms with Crippen molar-refractivity contribution in [1.82, 2.24) is 5.32 Å². The van der Waals surface area contributed by atoms with Crippen LogP contribution in [0.4, 0.5) is 0 Å². The van der Waals surface area contributed by atoms with Crippen molar-refractivity contribution in [3.63, 3.8) is 0 Å². The first-order valence-corrected chi connectivity index (χ1v) is 6.36. The van der Waals surface area contributed by atoms with E-state index in [1.54, 1.807) is 10.8 Å². The van der Waals surface area contributed by atoms with E-state index in [2.05, 4.69) is 5.32 Å². The Balaban J connectivity index is 2.25. The van der Waals surface area contributed by atoms with Gasteiger partial charge >= 0.3 is 5.97 Å². The van der Waals surface area contributed by atoms with Crippen LogP contribution in [0.5, 0.6) is 0 Å². The number of carboxylic acid groups (broad SMARTS) is 1. The molecule has 0 bridgehead atoms. The standard InChI is InChI=1S/C7H11NO3S2/c9-6(10)4-8-7(11)5-2-1-3-12-13-5/h5H,1-4H2,(H,8,11)(H,9,10). The molecule has 0 aliphatic carbocycles. The zero-order chi connectivity index (χ0) is 9.68. The maximum atomic E-state index is 11.3. The molecule has 0 spiro atoms. The van der Waals surface area contributed by atoms with E-state index >= 15 is 0 Å². The summed E-state index contributed by atoms with van der Waals surface area (Å²) in [5.74, 6) is -0.0747. The Morgan fingerprint density at radius 2 is 2.31 bits per heavy atom. The molecule has 1 amide bonds.